The molecule has 3 rings (SSSR count). The first-order valence-corrected chi connectivity index (χ1v) is 7.46. The zero-order chi connectivity index (χ0) is 15.9. The summed E-state index contributed by atoms with van der Waals surface area (Å²) in [5, 5.41) is 6.26. The fraction of sp³-hybridized carbons (Fsp3) is 0.0667. The molecule has 0 fully saturated rings. The van der Waals surface area contributed by atoms with Crippen LogP contribution in [0.5, 0.6) is 0 Å². The Balaban J connectivity index is 1.87. The second-order valence-electron chi connectivity index (χ2n) is 4.80. The molecule has 7 heteroatoms. The van der Waals surface area contributed by atoms with Crippen molar-refractivity contribution in [3.05, 3.63) is 56.5 Å². The van der Waals surface area contributed by atoms with Crippen LogP contribution in [0.25, 0.3) is 0 Å². The third-order valence-electron chi connectivity index (χ3n) is 3.24. The van der Waals surface area contributed by atoms with Gasteiger partial charge in [0.1, 0.15) is 0 Å². The summed E-state index contributed by atoms with van der Waals surface area (Å²) in [5.41, 5.74) is 2.22. The highest BCUT2D eigenvalue weighted by Crippen LogP contribution is 2.34. The minimum atomic E-state index is -0.367. The fourth-order valence-electron chi connectivity index (χ4n) is 2.22. The lowest BCUT2D eigenvalue weighted by Crippen LogP contribution is -2.12. The number of rotatable bonds is 2. The first kappa shape index (κ1) is 15.2. The molecule has 1 aliphatic rings. The van der Waals surface area contributed by atoms with Crippen LogP contribution in [-0.4, -0.2) is 11.8 Å². The zero-order valence-electron chi connectivity index (χ0n) is 11.0. The molecule has 0 unspecified atom stereocenters. The van der Waals surface area contributed by atoms with Crippen molar-refractivity contribution in [1.82, 2.24) is 0 Å². The Morgan fingerprint density at radius 3 is 2.45 bits per heavy atom. The Morgan fingerprint density at radius 2 is 1.77 bits per heavy atom. The summed E-state index contributed by atoms with van der Waals surface area (Å²) in [7, 11) is 0. The van der Waals surface area contributed by atoms with E-state index >= 15 is 0 Å². The van der Waals surface area contributed by atoms with E-state index in [0.29, 0.717) is 16.3 Å². The molecule has 1 heterocycles. The van der Waals surface area contributed by atoms with Crippen molar-refractivity contribution < 1.29 is 9.59 Å². The largest absolute Gasteiger partial charge is 0.326 e. The zero-order valence-corrected chi connectivity index (χ0v) is 13.3. The van der Waals surface area contributed by atoms with Crippen LogP contribution in [0.15, 0.2) is 30.3 Å². The lowest BCUT2D eigenvalue weighted by atomic mass is 10.1. The normalized spacial score (nSPS) is 12.8. The van der Waals surface area contributed by atoms with E-state index in [-0.39, 0.29) is 28.3 Å². The van der Waals surface area contributed by atoms with E-state index in [1.807, 2.05) is 0 Å². The van der Waals surface area contributed by atoms with Crippen molar-refractivity contribution >= 4 is 58.0 Å². The maximum Gasteiger partial charge on any atom is 0.255 e. The summed E-state index contributed by atoms with van der Waals surface area (Å²) >= 11 is 17.9. The van der Waals surface area contributed by atoms with E-state index in [9.17, 15) is 9.59 Å². The van der Waals surface area contributed by atoms with Crippen LogP contribution in [0, 0.1) is 0 Å². The van der Waals surface area contributed by atoms with Crippen LogP contribution in [-0.2, 0) is 11.2 Å². The van der Waals surface area contributed by atoms with Crippen molar-refractivity contribution in [3.8, 4) is 0 Å². The van der Waals surface area contributed by atoms with E-state index in [1.165, 1.54) is 12.1 Å². The van der Waals surface area contributed by atoms with Crippen molar-refractivity contribution in [2.24, 2.45) is 0 Å². The van der Waals surface area contributed by atoms with Gasteiger partial charge in [-0.2, -0.15) is 0 Å². The van der Waals surface area contributed by atoms with Crippen LogP contribution in [0.3, 0.4) is 0 Å². The maximum absolute atomic E-state index is 12.3. The molecule has 2 aromatic rings. The number of halogens is 3. The number of benzene rings is 2. The van der Waals surface area contributed by atoms with Crippen molar-refractivity contribution in [2.45, 2.75) is 6.42 Å². The SMILES string of the molecule is O=C1Cc2cc(C(=O)Nc3c(Cl)cc(Cl)cc3Cl)ccc2N1. The smallest absolute Gasteiger partial charge is 0.255 e. The summed E-state index contributed by atoms with van der Waals surface area (Å²) in [5.74, 6) is -0.454. The molecule has 0 atom stereocenters. The predicted molar refractivity (Wildman–Crippen MR) is 88.2 cm³/mol. The Kier molecular flexibility index (Phi) is 4.00. The van der Waals surface area contributed by atoms with E-state index in [2.05, 4.69) is 10.6 Å². The molecule has 0 radical (unpaired) electrons. The molecule has 1 aliphatic heterocycles. The third kappa shape index (κ3) is 2.90. The fourth-order valence-corrected chi connectivity index (χ4v) is 3.13. The first-order chi connectivity index (χ1) is 10.4. The van der Waals surface area contributed by atoms with Gasteiger partial charge in [0.25, 0.3) is 5.91 Å². The lowest BCUT2D eigenvalue weighted by Gasteiger charge is -2.10. The van der Waals surface area contributed by atoms with Gasteiger partial charge in [-0.25, -0.2) is 0 Å². The maximum atomic E-state index is 12.3. The van der Waals surface area contributed by atoms with Crippen LogP contribution in [0.2, 0.25) is 15.1 Å². The van der Waals surface area contributed by atoms with Gasteiger partial charge in [0.15, 0.2) is 0 Å². The minimum absolute atomic E-state index is 0.0867. The number of hydrogen-bond acceptors (Lipinski definition) is 2. The van der Waals surface area contributed by atoms with E-state index in [0.717, 1.165) is 11.3 Å². The Labute approximate surface area is 141 Å². The molecule has 0 aliphatic carbocycles. The molecular formula is C15H9Cl3N2O2. The summed E-state index contributed by atoms with van der Waals surface area (Å²) in [6.07, 6.45) is 0.263. The van der Waals surface area contributed by atoms with Crippen molar-refractivity contribution in [3.63, 3.8) is 0 Å². The highest BCUT2D eigenvalue weighted by Gasteiger charge is 2.20. The van der Waals surface area contributed by atoms with Crippen LogP contribution < -0.4 is 10.6 Å². The third-order valence-corrected chi connectivity index (χ3v) is 4.05. The van der Waals surface area contributed by atoms with Gasteiger partial charge in [-0.05, 0) is 35.9 Å². The second-order valence-corrected chi connectivity index (χ2v) is 6.05. The average molecular weight is 356 g/mol. The van der Waals surface area contributed by atoms with Crippen LogP contribution in [0.4, 0.5) is 11.4 Å². The number of anilines is 2. The molecule has 0 saturated heterocycles. The molecule has 0 bridgehead atoms. The molecule has 0 spiro atoms. The Bertz CT molecular complexity index is 782. The molecule has 4 nitrogen and oxygen atoms in total. The van der Waals surface area contributed by atoms with E-state index in [1.54, 1.807) is 18.2 Å². The summed E-state index contributed by atoms with van der Waals surface area (Å²) < 4.78 is 0. The number of fused-ring (bicyclic) bond motifs is 1. The number of carbonyl (C=O) groups excluding carboxylic acids is 2. The minimum Gasteiger partial charge on any atom is -0.326 e. The van der Waals surface area contributed by atoms with Gasteiger partial charge < -0.3 is 10.6 Å². The summed E-state index contributed by atoms with van der Waals surface area (Å²) in [6, 6.07) is 7.98. The highest BCUT2D eigenvalue weighted by atomic mass is 35.5. The average Bonchev–Trinajstić information content (AvgIpc) is 2.81. The molecular weight excluding hydrogens is 347 g/mol. The van der Waals surface area contributed by atoms with Crippen molar-refractivity contribution in [2.75, 3.05) is 10.6 Å². The van der Waals surface area contributed by atoms with Gasteiger partial charge in [0.2, 0.25) is 5.91 Å². The second kappa shape index (κ2) is 5.80. The van der Waals surface area contributed by atoms with Gasteiger partial charge in [0.05, 0.1) is 22.2 Å². The van der Waals surface area contributed by atoms with Crippen molar-refractivity contribution in [1.29, 1.82) is 0 Å². The molecule has 22 heavy (non-hydrogen) atoms. The van der Waals surface area contributed by atoms with Gasteiger partial charge in [-0.15, -0.1) is 0 Å². The molecule has 2 amide bonds. The number of nitrogens with one attached hydrogen (secondary N) is 2. The lowest BCUT2D eigenvalue weighted by molar-refractivity contribution is -0.115. The first-order valence-electron chi connectivity index (χ1n) is 6.33. The van der Waals surface area contributed by atoms with E-state index in [4.69, 9.17) is 34.8 Å². The molecule has 2 aromatic carbocycles. The highest BCUT2D eigenvalue weighted by molar-refractivity contribution is 6.42. The van der Waals surface area contributed by atoms with Gasteiger partial charge >= 0.3 is 0 Å². The number of amides is 2. The topological polar surface area (TPSA) is 58.2 Å². The van der Waals surface area contributed by atoms with Crippen LogP contribution >= 0.6 is 34.8 Å². The molecule has 0 saturated carbocycles. The molecule has 0 aromatic heterocycles. The van der Waals surface area contributed by atoms with Gasteiger partial charge in [-0.3, -0.25) is 9.59 Å². The Hall–Kier alpha value is -1.75. The van der Waals surface area contributed by atoms with Gasteiger partial charge in [-0.1, -0.05) is 34.8 Å². The summed E-state index contributed by atoms with van der Waals surface area (Å²) in [4.78, 5) is 23.7. The monoisotopic (exact) mass is 354 g/mol. The van der Waals surface area contributed by atoms with Crippen LogP contribution in [0.1, 0.15) is 15.9 Å². The Morgan fingerprint density at radius 1 is 1.09 bits per heavy atom. The summed E-state index contributed by atoms with van der Waals surface area (Å²) in [6.45, 7) is 0. The predicted octanol–water partition coefficient (Wildman–Crippen LogP) is 4.39. The number of hydrogen-bond donors (Lipinski definition) is 2. The number of carbonyl (C=O) groups is 2. The molecule has 2 N–H and O–H groups in total. The quantitative estimate of drug-likeness (QED) is 0.839. The molecule has 112 valence electrons. The standard InChI is InChI=1S/C15H9Cl3N2O2/c16-9-5-10(17)14(11(18)6-9)20-15(22)7-1-2-12-8(3-7)4-13(21)19-12/h1-3,5-6H,4H2,(H,19,21)(H,20,22). The van der Waals surface area contributed by atoms with E-state index < -0.39 is 0 Å². The van der Waals surface area contributed by atoms with Gasteiger partial charge in [0, 0.05) is 16.3 Å².